The fourth-order valence-electron chi connectivity index (χ4n) is 3.25. The van der Waals surface area contributed by atoms with E-state index in [4.69, 9.17) is 4.74 Å². The lowest BCUT2D eigenvalue weighted by molar-refractivity contribution is 0.278. The third-order valence-electron chi connectivity index (χ3n) is 4.79. The summed E-state index contributed by atoms with van der Waals surface area (Å²) in [6.45, 7) is 5.49. The Labute approximate surface area is 171 Å². The van der Waals surface area contributed by atoms with E-state index in [0.717, 1.165) is 18.5 Å². The summed E-state index contributed by atoms with van der Waals surface area (Å²) in [6, 6.07) is 10.7. The van der Waals surface area contributed by atoms with Crippen LogP contribution in [0.15, 0.2) is 53.6 Å². The number of hydrogen-bond acceptors (Lipinski definition) is 4. The van der Waals surface area contributed by atoms with Gasteiger partial charge in [0.25, 0.3) is 10.0 Å². The summed E-state index contributed by atoms with van der Waals surface area (Å²) in [5.74, 6) is 0.385. The zero-order valence-electron chi connectivity index (χ0n) is 17.2. The van der Waals surface area contributed by atoms with Crippen molar-refractivity contribution >= 4 is 20.9 Å². The first-order chi connectivity index (χ1) is 13.7. The van der Waals surface area contributed by atoms with Crippen molar-refractivity contribution in [3.8, 4) is 5.75 Å². The fraction of sp³-hybridized carbons (Fsp3) is 0.364. The molecule has 0 atom stereocenters. The van der Waals surface area contributed by atoms with Gasteiger partial charge in [-0.2, -0.15) is 0 Å². The Kier molecular flexibility index (Phi) is 6.29. The zero-order chi connectivity index (χ0) is 21.2. The molecule has 3 rings (SSSR count). The van der Waals surface area contributed by atoms with Crippen LogP contribution in [0.1, 0.15) is 31.7 Å². The molecule has 0 spiro atoms. The molecule has 156 valence electrons. The maximum absolute atomic E-state index is 13.5. The van der Waals surface area contributed by atoms with Gasteiger partial charge in [0.2, 0.25) is 0 Å². The van der Waals surface area contributed by atoms with Crippen LogP contribution in [-0.2, 0) is 10.0 Å². The lowest BCUT2D eigenvalue weighted by Crippen LogP contribution is -2.16. The van der Waals surface area contributed by atoms with Crippen molar-refractivity contribution in [1.29, 1.82) is 0 Å². The van der Waals surface area contributed by atoms with Gasteiger partial charge >= 0.3 is 0 Å². The minimum Gasteiger partial charge on any atom is -0.493 e. The first kappa shape index (κ1) is 21.3. The molecule has 0 radical (unpaired) electrons. The van der Waals surface area contributed by atoms with E-state index in [9.17, 15) is 12.8 Å². The summed E-state index contributed by atoms with van der Waals surface area (Å²) >= 11 is 0. The molecular weight excluding hydrogens is 391 g/mol. The molecule has 2 aromatic carbocycles. The van der Waals surface area contributed by atoms with Crippen LogP contribution in [0.3, 0.4) is 0 Å². The van der Waals surface area contributed by atoms with Crippen molar-refractivity contribution in [2.24, 2.45) is 0 Å². The molecule has 0 fully saturated rings. The van der Waals surface area contributed by atoms with Gasteiger partial charge in [-0.3, -0.25) is 0 Å². The topological polar surface area (TPSA) is 51.5 Å². The van der Waals surface area contributed by atoms with Crippen molar-refractivity contribution < 1.29 is 17.5 Å². The second-order valence-corrected chi connectivity index (χ2v) is 9.49. The van der Waals surface area contributed by atoms with Crippen LogP contribution >= 0.6 is 0 Å². The second-order valence-electron chi connectivity index (χ2n) is 7.68. The van der Waals surface area contributed by atoms with Gasteiger partial charge in [0.15, 0.2) is 0 Å². The lowest BCUT2D eigenvalue weighted by atomic mass is 10.0. The monoisotopic (exact) mass is 418 g/mol. The number of aromatic nitrogens is 1. The van der Waals surface area contributed by atoms with Gasteiger partial charge in [-0.05, 0) is 62.3 Å². The molecule has 3 aromatic rings. The van der Waals surface area contributed by atoms with Gasteiger partial charge in [-0.25, -0.2) is 16.8 Å². The third-order valence-corrected chi connectivity index (χ3v) is 6.47. The summed E-state index contributed by atoms with van der Waals surface area (Å²) in [7, 11) is 0.162. The largest absolute Gasteiger partial charge is 0.493 e. The number of benzene rings is 2. The Balaban J connectivity index is 1.97. The highest BCUT2D eigenvalue weighted by Crippen LogP contribution is 2.31. The molecule has 0 aliphatic carbocycles. The maximum atomic E-state index is 13.5. The van der Waals surface area contributed by atoms with Crippen LogP contribution < -0.4 is 4.74 Å². The molecule has 0 aliphatic rings. The molecule has 29 heavy (non-hydrogen) atoms. The summed E-state index contributed by atoms with van der Waals surface area (Å²) in [5, 5.41) is 0.535. The van der Waals surface area contributed by atoms with Gasteiger partial charge in [-0.15, -0.1) is 0 Å². The van der Waals surface area contributed by atoms with E-state index in [1.807, 2.05) is 34.0 Å². The van der Waals surface area contributed by atoms with E-state index in [-0.39, 0.29) is 10.8 Å². The van der Waals surface area contributed by atoms with Crippen LogP contribution in [0.25, 0.3) is 10.9 Å². The van der Waals surface area contributed by atoms with E-state index < -0.39 is 15.8 Å². The minimum absolute atomic E-state index is 0.145. The Morgan fingerprint density at radius 3 is 2.55 bits per heavy atom. The Morgan fingerprint density at radius 1 is 1.10 bits per heavy atom. The van der Waals surface area contributed by atoms with Crippen molar-refractivity contribution in [3.63, 3.8) is 0 Å². The van der Waals surface area contributed by atoms with Crippen molar-refractivity contribution in [1.82, 2.24) is 8.87 Å². The van der Waals surface area contributed by atoms with E-state index in [2.05, 4.69) is 4.90 Å². The molecule has 5 nitrogen and oxygen atoms in total. The molecule has 1 aromatic heterocycles. The van der Waals surface area contributed by atoms with E-state index >= 15 is 0 Å². The number of ether oxygens (including phenoxy) is 1. The average Bonchev–Trinajstić information content (AvgIpc) is 3.08. The van der Waals surface area contributed by atoms with Crippen LogP contribution in [0.5, 0.6) is 5.75 Å². The normalized spacial score (nSPS) is 12.2. The zero-order valence-corrected chi connectivity index (χ0v) is 18.0. The van der Waals surface area contributed by atoms with Gasteiger partial charge in [0.05, 0.1) is 17.0 Å². The highest BCUT2D eigenvalue weighted by molar-refractivity contribution is 7.90. The van der Waals surface area contributed by atoms with Crippen molar-refractivity contribution in [3.05, 3.63) is 60.0 Å². The predicted octanol–water partition coefficient (Wildman–Crippen LogP) is 4.47. The molecule has 0 bridgehead atoms. The summed E-state index contributed by atoms with van der Waals surface area (Å²) < 4.78 is 47.1. The van der Waals surface area contributed by atoms with Crippen LogP contribution in [0.4, 0.5) is 4.39 Å². The molecule has 0 saturated carbocycles. The van der Waals surface area contributed by atoms with Gasteiger partial charge < -0.3 is 9.64 Å². The molecule has 7 heteroatoms. The number of nitrogens with zero attached hydrogens (tertiary/aromatic N) is 2. The van der Waals surface area contributed by atoms with E-state index in [1.54, 1.807) is 18.2 Å². The number of hydrogen-bond donors (Lipinski definition) is 0. The SMILES string of the molecule is CC(C)c1ccc(S(=O)(=O)n2ccc3cc(F)ccc32)cc1OCCCN(C)C. The lowest BCUT2D eigenvalue weighted by Gasteiger charge is -2.17. The summed E-state index contributed by atoms with van der Waals surface area (Å²) in [6.07, 6.45) is 2.29. The predicted molar refractivity (Wildman–Crippen MR) is 114 cm³/mol. The number of halogens is 1. The fourth-order valence-corrected chi connectivity index (χ4v) is 4.62. The standard InChI is InChI=1S/C22H27FN2O3S/c1-16(2)20-8-7-19(15-22(20)28-13-5-11-24(3)4)29(26,27)25-12-10-17-14-18(23)6-9-21(17)25/h6-10,12,14-16H,5,11,13H2,1-4H3. The summed E-state index contributed by atoms with van der Waals surface area (Å²) in [4.78, 5) is 2.22. The summed E-state index contributed by atoms with van der Waals surface area (Å²) in [5.41, 5.74) is 1.40. The number of fused-ring (bicyclic) bond motifs is 1. The Hall–Kier alpha value is -2.38. The average molecular weight is 419 g/mol. The highest BCUT2D eigenvalue weighted by Gasteiger charge is 2.21. The van der Waals surface area contributed by atoms with Crippen LogP contribution in [-0.4, -0.2) is 44.5 Å². The van der Waals surface area contributed by atoms with E-state index in [1.165, 1.54) is 28.4 Å². The van der Waals surface area contributed by atoms with Crippen LogP contribution in [0.2, 0.25) is 0 Å². The smallest absolute Gasteiger partial charge is 0.268 e. The molecule has 0 unspecified atom stereocenters. The van der Waals surface area contributed by atoms with Gasteiger partial charge in [0.1, 0.15) is 11.6 Å². The van der Waals surface area contributed by atoms with E-state index in [0.29, 0.717) is 23.3 Å². The third kappa shape index (κ3) is 4.62. The molecule has 0 amide bonds. The highest BCUT2D eigenvalue weighted by atomic mass is 32.2. The first-order valence-corrected chi connectivity index (χ1v) is 11.1. The van der Waals surface area contributed by atoms with Gasteiger partial charge in [-0.1, -0.05) is 19.9 Å². The minimum atomic E-state index is -3.84. The van der Waals surface area contributed by atoms with Gasteiger partial charge in [0, 0.05) is 24.2 Å². The first-order valence-electron chi connectivity index (χ1n) is 9.64. The Bertz CT molecular complexity index is 1100. The van der Waals surface area contributed by atoms with Crippen LogP contribution in [0, 0.1) is 5.82 Å². The molecule has 0 aliphatic heterocycles. The molecule has 0 N–H and O–H groups in total. The van der Waals surface area contributed by atoms with Crippen molar-refractivity contribution in [2.75, 3.05) is 27.2 Å². The Morgan fingerprint density at radius 2 is 1.86 bits per heavy atom. The van der Waals surface area contributed by atoms with Crippen molar-refractivity contribution in [2.45, 2.75) is 31.1 Å². The molecule has 0 saturated heterocycles. The second kappa shape index (κ2) is 8.55. The molecular formula is C22H27FN2O3S. The molecule has 1 heterocycles. The maximum Gasteiger partial charge on any atom is 0.268 e. The number of rotatable bonds is 8. The quantitative estimate of drug-likeness (QED) is 0.507.